The van der Waals surface area contributed by atoms with Crippen molar-refractivity contribution < 1.29 is 14.6 Å². The van der Waals surface area contributed by atoms with E-state index in [1.54, 1.807) is 18.2 Å². The fourth-order valence-electron chi connectivity index (χ4n) is 3.62. The molecule has 0 spiro atoms. The maximum atomic E-state index is 12.7. The van der Waals surface area contributed by atoms with Crippen LogP contribution in [0.5, 0.6) is 5.75 Å². The molecule has 7 heteroatoms. The summed E-state index contributed by atoms with van der Waals surface area (Å²) in [6.07, 6.45) is 3.30. The van der Waals surface area contributed by atoms with Crippen molar-refractivity contribution in [1.29, 1.82) is 0 Å². The van der Waals surface area contributed by atoms with Crippen LogP contribution in [0.4, 0.5) is 5.69 Å². The summed E-state index contributed by atoms with van der Waals surface area (Å²) in [6, 6.07) is 13.0. The molecule has 0 radical (unpaired) electrons. The van der Waals surface area contributed by atoms with Crippen LogP contribution in [-0.4, -0.2) is 49.2 Å². The number of hydrogen-bond donors (Lipinski definition) is 2. The lowest BCUT2D eigenvalue weighted by Crippen LogP contribution is -2.39. The summed E-state index contributed by atoms with van der Waals surface area (Å²) in [7, 11) is 0. The third kappa shape index (κ3) is 6.71. The molecule has 1 aliphatic rings. The highest BCUT2D eigenvalue weighted by atomic mass is 35.5. The van der Waals surface area contributed by atoms with Gasteiger partial charge >= 0.3 is 0 Å². The van der Waals surface area contributed by atoms with Crippen LogP contribution in [0.2, 0.25) is 5.02 Å². The average Bonchev–Trinajstić information content (AvgIpc) is 3.29. The number of rotatable bonds is 9. The predicted octanol–water partition coefficient (Wildman–Crippen LogP) is 4.73. The Balaban J connectivity index is 1.58. The number of halogens is 1. The van der Waals surface area contributed by atoms with Crippen LogP contribution < -0.4 is 15.0 Å². The van der Waals surface area contributed by atoms with E-state index in [9.17, 15) is 9.90 Å². The summed E-state index contributed by atoms with van der Waals surface area (Å²) >= 11 is 6.24. The molecule has 1 heterocycles. The molecule has 6 nitrogen and oxygen atoms in total. The highest BCUT2D eigenvalue weighted by Crippen LogP contribution is 2.28. The van der Waals surface area contributed by atoms with Crippen molar-refractivity contribution in [3.63, 3.8) is 0 Å². The van der Waals surface area contributed by atoms with Gasteiger partial charge in [-0.3, -0.25) is 9.79 Å². The molecule has 2 aromatic rings. The van der Waals surface area contributed by atoms with Crippen LogP contribution in [-0.2, 0) is 6.42 Å². The minimum atomic E-state index is -0.406. The fourth-order valence-corrected chi connectivity index (χ4v) is 3.86. The maximum Gasteiger partial charge on any atom is 0.251 e. The zero-order valence-corrected chi connectivity index (χ0v) is 20.6. The van der Waals surface area contributed by atoms with Gasteiger partial charge in [0.15, 0.2) is 0 Å². The number of aliphatic imine (C=N–C) groups is 1. The number of benzene rings is 2. The Bertz CT molecular complexity index is 970. The van der Waals surface area contributed by atoms with E-state index in [0.717, 1.165) is 24.2 Å². The fraction of sp³-hybridized carbons (Fsp3) is 0.462. The van der Waals surface area contributed by atoms with Gasteiger partial charge in [0.2, 0.25) is 0 Å². The lowest BCUT2D eigenvalue weighted by Gasteiger charge is -2.26. The number of carbonyl (C=O) groups is 1. The standard InChI is InChI=1S/C26H34ClN3O3/c1-5-12-33-23-11-8-19(14-22(23)27)25(32)29-20(16-31)13-18-6-9-21(10-7-18)30-15-24(28-17-30)26(2,3)4/h6-11,14,17,20,24,31H,5,12-13,15-16H2,1-4H3,(H,29,32)/t20-,24?/m0/s1. The van der Waals surface area contributed by atoms with E-state index in [0.29, 0.717) is 29.4 Å². The van der Waals surface area contributed by atoms with Crippen molar-refractivity contribution in [2.75, 3.05) is 24.7 Å². The van der Waals surface area contributed by atoms with Gasteiger partial charge in [-0.1, -0.05) is 51.4 Å². The van der Waals surface area contributed by atoms with Gasteiger partial charge in [-0.05, 0) is 54.2 Å². The number of nitrogens with zero attached hydrogens (tertiary/aromatic N) is 2. The number of carbonyl (C=O) groups excluding carboxylic acids is 1. The quantitative estimate of drug-likeness (QED) is 0.554. The van der Waals surface area contributed by atoms with E-state index >= 15 is 0 Å². The molecule has 0 aromatic heterocycles. The highest BCUT2D eigenvalue weighted by molar-refractivity contribution is 6.32. The molecule has 1 unspecified atom stereocenters. The van der Waals surface area contributed by atoms with E-state index in [4.69, 9.17) is 16.3 Å². The monoisotopic (exact) mass is 471 g/mol. The summed E-state index contributed by atoms with van der Waals surface area (Å²) in [6.45, 7) is 9.89. The van der Waals surface area contributed by atoms with E-state index in [2.05, 4.69) is 48.1 Å². The van der Waals surface area contributed by atoms with E-state index in [-0.39, 0.29) is 24.0 Å². The first kappa shape index (κ1) is 25.1. The molecule has 2 N–H and O–H groups in total. The van der Waals surface area contributed by atoms with E-state index in [1.165, 1.54) is 0 Å². The number of aliphatic hydroxyl groups excluding tert-OH is 1. The molecule has 0 saturated carbocycles. The Morgan fingerprint density at radius 1 is 1.27 bits per heavy atom. The molecule has 0 bridgehead atoms. The van der Waals surface area contributed by atoms with Gasteiger partial charge in [0.1, 0.15) is 5.75 Å². The molecule has 3 rings (SSSR count). The zero-order valence-electron chi connectivity index (χ0n) is 19.8. The van der Waals surface area contributed by atoms with Gasteiger partial charge in [-0.15, -0.1) is 0 Å². The summed E-state index contributed by atoms with van der Waals surface area (Å²) < 4.78 is 5.56. The third-order valence-electron chi connectivity index (χ3n) is 5.72. The van der Waals surface area contributed by atoms with Crippen molar-refractivity contribution in [3.8, 4) is 5.75 Å². The number of aliphatic hydroxyl groups is 1. The number of amides is 1. The van der Waals surface area contributed by atoms with Crippen molar-refractivity contribution in [3.05, 3.63) is 58.6 Å². The van der Waals surface area contributed by atoms with Crippen molar-refractivity contribution in [2.24, 2.45) is 10.4 Å². The largest absolute Gasteiger partial charge is 0.492 e. The second-order valence-electron chi connectivity index (χ2n) is 9.52. The van der Waals surface area contributed by atoms with Crippen LogP contribution in [0.1, 0.15) is 50.0 Å². The van der Waals surface area contributed by atoms with Gasteiger partial charge in [0.25, 0.3) is 5.91 Å². The maximum absolute atomic E-state index is 12.7. The molecule has 0 fully saturated rings. The molecule has 0 aliphatic carbocycles. The minimum absolute atomic E-state index is 0.130. The normalized spacial score (nSPS) is 16.7. The molecule has 33 heavy (non-hydrogen) atoms. The molecule has 0 saturated heterocycles. The van der Waals surface area contributed by atoms with Gasteiger partial charge in [0, 0.05) is 17.8 Å². The first-order valence-electron chi connectivity index (χ1n) is 11.4. The Morgan fingerprint density at radius 2 is 2.00 bits per heavy atom. The van der Waals surface area contributed by atoms with Crippen molar-refractivity contribution >= 4 is 29.5 Å². The van der Waals surface area contributed by atoms with Crippen LogP contribution in [0.15, 0.2) is 47.5 Å². The van der Waals surface area contributed by atoms with Crippen molar-refractivity contribution in [2.45, 2.75) is 52.6 Å². The first-order chi connectivity index (χ1) is 15.7. The lowest BCUT2D eigenvalue weighted by molar-refractivity contribution is 0.0916. The summed E-state index contributed by atoms with van der Waals surface area (Å²) in [4.78, 5) is 19.5. The topological polar surface area (TPSA) is 74.2 Å². The summed E-state index contributed by atoms with van der Waals surface area (Å²) in [5, 5.41) is 13.1. The average molecular weight is 472 g/mol. The molecule has 178 valence electrons. The van der Waals surface area contributed by atoms with Gasteiger partial charge < -0.3 is 20.1 Å². The first-order valence-corrected chi connectivity index (χ1v) is 11.8. The molecular formula is C26H34ClN3O3. The molecule has 1 aliphatic heterocycles. The molecule has 2 aromatic carbocycles. The van der Waals surface area contributed by atoms with E-state index < -0.39 is 6.04 Å². The number of nitrogens with one attached hydrogen (secondary N) is 1. The zero-order chi connectivity index (χ0) is 24.0. The third-order valence-corrected chi connectivity index (χ3v) is 6.01. The van der Waals surface area contributed by atoms with Crippen LogP contribution in [0.3, 0.4) is 0 Å². The SMILES string of the molecule is CCCOc1ccc(C(=O)N[C@H](CO)Cc2ccc(N3C=NC(C(C)(C)C)C3)cc2)cc1Cl. The van der Waals surface area contributed by atoms with Crippen LogP contribution >= 0.6 is 11.6 Å². The highest BCUT2D eigenvalue weighted by Gasteiger charge is 2.29. The van der Waals surface area contributed by atoms with Crippen LogP contribution in [0, 0.1) is 5.41 Å². The summed E-state index contributed by atoms with van der Waals surface area (Å²) in [5.41, 5.74) is 2.67. The Morgan fingerprint density at radius 3 is 2.58 bits per heavy atom. The van der Waals surface area contributed by atoms with Gasteiger partial charge in [-0.25, -0.2) is 0 Å². The Hall–Kier alpha value is -2.57. The Kier molecular flexibility index (Phi) is 8.38. The molecule has 2 atom stereocenters. The number of anilines is 1. The number of ether oxygens (including phenoxy) is 1. The van der Waals surface area contributed by atoms with Crippen molar-refractivity contribution in [1.82, 2.24) is 5.32 Å². The number of hydrogen-bond acceptors (Lipinski definition) is 5. The molecular weight excluding hydrogens is 438 g/mol. The second-order valence-corrected chi connectivity index (χ2v) is 9.92. The second kappa shape index (κ2) is 11.0. The predicted molar refractivity (Wildman–Crippen MR) is 135 cm³/mol. The summed E-state index contributed by atoms with van der Waals surface area (Å²) in [5.74, 6) is 0.279. The van der Waals surface area contributed by atoms with Gasteiger partial charge in [-0.2, -0.15) is 0 Å². The Labute approximate surface area is 201 Å². The van der Waals surface area contributed by atoms with Crippen LogP contribution in [0.25, 0.3) is 0 Å². The molecule has 1 amide bonds. The lowest BCUT2D eigenvalue weighted by atomic mass is 9.87. The smallest absolute Gasteiger partial charge is 0.251 e. The minimum Gasteiger partial charge on any atom is -0.492 e. The van der Waals surface area contributed by atoms with E-state index in [1.807, 2.05) is 25.4 Å². The van der Waals surface area contributed by atoms with Gasteiger partial charge in [0.05, 0.1) is 36.7 Å².